The average molecular weight is 290 g/mol. The van der Waals surface area contributed by atoms with Crippen LogP contribution in [0, 0.1) is 5.82 Å². The Morgan fingerprint density at radius 3 is 3.14 bits per heavy atom. The highest BCUT2D eigenvalue weighted by molar-refractivity contribution is 5.73. The van der Waals surface area contributed by atoms with Crippen molar-refractivity contribution in [2.24, 2.45) is 0 Å². The van der Waals surface area contributed by atoms with Crippen LogP contribution < -0.4 is 0 Å². The first kappa shape index (κ1) is 13.8. The SMILES string of the molecule is O=C(O)[C@H]1CCCN1Cc1ncc(-c2cccc(F)c2)o1. The molecule has 110 valence electrons. The summed E-state index contributed by atoms with van der Waals surface area (Å²) in [5.41, 5.74) is 0.616. The predicted molar refractivity (Wildman–Crippen MR) is 73.0 cm³/mol. The summed E-state index contributed by atoms with van der Waals surface area (Å²) in [5, 5.41) is 9.14. The molecule has 21 heavy (non-hydrogen) atoms. The lowest BCUT2D eigenvalue weighted by atomic mass is 10.2. The molecule has 1 N–H and O–H groups in total. The van der Waals surface area contributed by atoms with E-state index in [2.05, 4.69) is 4.98 Å². The van der Waals surface area contributed by atoms with Gasteiger partial charge in [0.1, 0.15) is 11.9 Å². The first-order valence-corrected chi connectivity index (χ1v) is 6.81. The van der Waals surface area contributed by atoms with Gasteiger partial charge in [-0.2, -0.15) is 0 Å². The van der Waals surface area contributed by atoms with Gasteiger partial charge in [-0.05, 0) is 31.5 Å². The standard InChI is InChI=1S/C15H15FN2O3/c16-11-4-1-3-10(7-11)13-8-17-14(21-13)9-18-6-2-5-12(18)15(19)20/h1,3-4,7-8,12H,2,5-6,9H2,(H,19,20)/t12-/m1/s1. The van der Waals surface area contributed by atoms with Gasteiger partial charge in [-0.1, -0.05) is 12.1 Å². The molecule has 1 atom stereocenters. The minimum atomic E-state index is -0.815. The summed E-state index contributed by atoms with van der Waals surface area (Å²) in [7, 11) is 0. The molecule has 2 heterocycles. The van der Waals surface area contributed by atoms with Crippen LogP contribution in [0.3, 0.4) is 0 Å². The van der Waals surface area contributed by atoms with Crippen molar-refractivity contribution in [3.63, 3.8) is 0 Å². The fraction of sp³-hybridized carbons (Fsp3) is 0.333. The van der Waals surface area contributed by atoms with E-state index in [1.165, 1.54) is 18.3 Å². The highest BCUT2D eigenvalue weighted by atomic mass is 19.1. The fourth-order valence-corrected chi connectivity index (χ4v) is 2.63. The summed E-state index contributed by atoms with van der Waals surface area (Å²) in [4.78, 5) is 17.1. The van der Waals surface area contributed by atoms with Crippen LogP contribution in [0.25, 0.3) is 11.3 Å². The van der Waals surface area contributed by atoms with Gasteiger partial charge in [0.15, 0.2) is 5.76 Å². The molecule has 1 fully saturated rings. The average Bonchev–Trinajstić information content (AvgIpc) is 3.08. The molecular weight excluding hydrogens is 275 g/mol. The van der Waals surface area contributed by atoms with Gasteiger partial charge >= 0.3 is 5.97 Å². The first-order valence-electron chi connectivity index (χ1n) is 6.81. The molecule has 0 unspecified atom stereocenters. The molecule has 0 aliphatic carbocycles. The first-order chi connectivity index (χ1) is 10.1. The summed E-state index contributed by atoms with van der Waals surface area (Å²) in [5.74, 6) is -0.224. The van der Waals surface area contributed by atoms with Crippen LogP contribution >= 0.6 is 0 Å². The molecule has 0 saturated carbocycles. The van der Waals surface area contributed by atoms with E-state index in [4.69, 9.17) is 9.52 Å². The molecule has 5 nitrogen and oxygen atoms in total. The number of carboxylic acids is 1. The van der Waals surface area contributed by atoms with E-state index in [1.807, 2.05) is 4.90 Å². The number of aliphatic carboxylic acids is 1. The minimum absolute atomic E-state index is 0.337. The van der Waals surface area contributed by atoms with Gasteiger partial charge in [-0.15, -0.1) is 0 Å². The Balaban J connectivity index is 1.75. The lowest BCUT2D eigenvalue weighted by molar-refractivity contribution is -0.142. The highest BCUT2D eigenvalue weighted by Gasteiger charge is 2.31. The van der Waals surface area contributed by atoms with E-state index >= 15 is 0 Å². The number of hydrogen-bond acceptors (Lipinski definition) is 4. The zero-order valence-electron chi connectivity index (χ0n) is 11.3. The number of carbonyl (C=O) groups is 1. The molecule has 6 heteroatoms. The molecular formula is C15H15FN2O3. The lowest BCUT2D eigenvalue weighted by Gasteiger charge is -2.18. The third-order valence-electron chi connectivity index (χ3n) is 3.65. The molecule has 1 aliphatic rings. The zero-order chi connectivity index (χ0) is 14.8. The van der Waals surface area contributed by atoms with Crippen LogP contribution in [0.1, 0.15) is 18.7 Å². The maximum atomic E-state index is 13.2. The van der Waals surface area contributed by atoms with E-state index in [0.29, 0.717) is 36.7 Å². The smallest absolute Gasteiger partial charge is 0.320 e. The number of likely N-dealkylation sites (tertiary alicyclic amines) is 1. The summed E-state index contributed by atoms with van der Waals surface area (Å²) < 4.78 is 18.8. The van der Waals surface area contributed by atoms with Crippen LogP contribution in [0.15, 0.2) is 34.9 Å². The number of hydrogen-bond donors (Lipinski definition) is 1. The molecule has 0 spiro atoms. The quantitative estimate of drug-likeness (QED) is 0.937. The van der Waals surface area contributed by atoms with Gasteiger partial charge in [0.05, 0.1) is 12.7 Å². The van der Waals surface area contributed by atoms with E-state index in [-0.39, 0.29) is 5.82 Å². The highest BCUT2D eigenvalue weighted by Crippen LogP contribution is 2.24. The van der Waals surface area contributed by atoms with E-state index in [1.54, 1.807) is 12.1 Å². The fourth-order valence-electron chi connectivity index (χ4n) is 2.63. The Labute approximate surface area is 121 Å². The predicted octanol–water partition coefficient (Wildman–Crippen LogP) is 2.53. The third kappa shape index (κ3) is 2.95. The number of rotatable bonds is 4. The van der Waals surface area contributed by atoms with Gasteiger partial charge in [0.2, 0.25) is 5.89 Å². The van der Waals surface area contributed by atoms with Gasteiger partial charge in [0, 0.05) is 5.56 Å². The number of aromatic nitrogens is 1. The number of nitrogens with zero attached hydrogens (tertiary/aromatic N) is 2. The van der Waals surface area contributed by atoms with Crippen molar-refractivity contribution in [2.75, 3.05) is 6.54 Å². The topological polar surface area (TPSA) is 66.6 Å². The molecule has 0 radical (unpaired) electrons. The molecule has 3 rings (SSSR count). The van der Waals surface area contributed by atoms with Crippen molar-refractivity contribution in [1.82, 2.24) is 9.88 Å². The second kappa shape index (κ2) is 5.65. The van der Waals surface area contributed by atoms with Gasteiger partial charge in [0.25, 0.3) is 0 Å². The molecule has 1 saturated heterocycles. The third-order valence-corrected chi connectivity index (χ3v) is 3.65. The summed E-state index contributed by atoms with van der Waals surface area (Å²) in [6.45, 7) is 1.07. The van der Waals surface area contributed by atoms with Crippen molar-refractivity contribution in [3.05, 3.63) is 42.2 Å². The summed E-state index contributed by atoms with van der Waals surface area (Å²) in [6.07, 6.45) is 3.04. The van der Waals surface area contributed by atoms with Crippen molar-refractivity contribution in [3.8, 4) is 11.3 Å². The Bertz CT molecular complexity index is 656. The largest absolute Gasteiger partial charge is 0.480 e. The number of carboxylic acid groups (broad SMARTS) is 1. The maximum Gasteiger partial charge on any atom is 0.320 e. The molecule has 2 aromatic rings. The van der Waals surface area contributed by atoms with E-state index in [9.17, 15) is 9.18 Å². The monoisotopic (exact) mass is 290 g/mol. The van der Waals surface area contributed by atoms with E-state index in [0.717, 1.165) is 6.42 Å². The van der Waals surface area contributed by atoms with Crippen LogP contribution in [0.2, 0.25) is 0 Å². The van der Waals surface area contributed by atoms with Crippen molar-refractivity contribution < 1.29 is 18.7 Å². The Kier molecular flexibility index (Phi) is 3.70. The van der Waals surface area contributed by atoms with Gasteiger partial charge in [-0.3, -0.25) is 9.69 Å². The Morgan fingerprint density at radius 2 is 2.38 bits per heavy atom. The second-order valence-electron chi connectivity index (χ2n) is 5.10. The van der Waals surface area contributed by atoms with Gasteiger partial charge < -0.3 is 9.52 Å². The Hall–Kier alpha value is -2.21. The molecule has 0 bridgehead atoms. The van der Waals surface area contributed by atoms with E-state index < -0.39 is 12.0 Å². The molecule has 1 aromatic carbocycles. The number of oxazole rings is 1. The molecule has 0 amide bonds. The van der Waals surface area contributed by atoms with Crippen LogP contribution in [0.4, 0.5) is 4.39 Å². The second-order valence-corrected chi connectivity index (χ2v) is 5.10. The normalized spacial score (nSPS) is 19.0. The molecule has 1 aliphatic heterocycles. The van der Waals surface area contributed by atoms with Crippen LogP contribution in [-0.2, 0) is 11.3 Å². The minimum Gasteiger partial charge on any atom is -0.480 e. The zero-order valence-corrected chi connectivity index (χ0v) is 11.3. The molecule has 1 aromatic heterocycles. The maximum absolute atomic E-state index is 13.2. The van der Waals surface area contributed by atoms with Gasteiger partial charge in [-0.25, -0.2) is 9.37 Å². The van der Waals surface area contributed by atoms with Crippen molar-refractivity contribution >= 4 is 5.97 Å². The Morgan fingerprint density at radius 1 is 1.52 bits per heavy atom. The lowest BCUT2D eigenvalue weighted by Crippen LogP contribution is -2.35. The summed E-state index contributed by atoms with van der Waals surface area (Å²) >= 11 is 0. The number of benzene rings is 1. The van der Waals surface area contributed by atoms with Crippen molar-refractivity contribution in [2.45, 2.75) is 25.4 Å². The van der Waals surface area contributed by atoms with Crippen LogP contribution in [-0.4, -0.2) is 33.5 Å². The number of halogens is 1. The van der Waals surface area contributed by atoms with Crippen LogP contribution in [0.5, 0.6) is 0 Å². The van der Waals surface area contributed by atoms with Crippen molar-refractivity contribution in [1.29, 1.82) is 0 Å². The summed E-state index contributed by atoms with van der Waals surface area (Å²) in [6, 6.07) is 5.61.